The minimum absolute atomic E-state index is 0.0178. The Bertz CT molecular complexity index is 1230. The number of piperidine rings is 1. The molecule has 8 heteroatoms. The van der Waals surface area contributed by atoms with E-state index in [0.717, 1.165) is 37.3 Å². The lowest BCUT2D eigenvalue weighted by Gasteiger charge is -2.25. The lowest BCUT2D eigenvalue weighted by atomic mass is 10.1. The number of hydrogen-bond acceptors (Lipinski definition) is 6. The summed E-state index contributed by atoms with van der Waals surface area (Å²) < 4.78 is 1.94. The lowest BCUT2D eigenvalue weighted by molar-refractivity contribution is -0.125. The smallest absolute Gasteiger partial charge is 0.246 e. The summed E-state index contributed by atoms with van der Waals surface area (Å²) in [4.78, 5) is 31.5. The Balaban J connectivity index is 1.81. The van der Waals surface area contributed by atoms with E-state index in [2.05, 4.69) is 16.0 Å². The molecular formula is C25H27N5O3. The third-order valence-electron chi connectivity index (χ3n) is 6.21. The highest BCUT2D eigenvalue weighted by atomic mass is 16.3. The summed E-state index contributed by atoms with van der Waals surface area (Å²) in [5.41, 5.74) is 9.79. The third-order valence-corrected chi connectivity index (χ3v) is 6.21. The Morgan fingerprint density at radius 3 is 2.55 bits per heavy atom. The number of primary amides is 1. The second-order valence-electron chi connectivity index (χ2n) is 8.55. The molecule has 8 nitrogen and oxygen atoms in total. The maximum Gasteiger partial charge on any atom is 0.246 e. The maximum absolute atomic E-state index is 13.4. The summed E-state index contributed by atoms with van der Waals surface area (Å²) in [6.45, 7) is 4.07. The first-order valence-corrected chi connectivity index (χ1v) is 11.1. The number of rotatable bonds is 7. The zero-order chi connectivity index (χ0) is 23.5. The van der Waals surface area contributed by atoms with Crippen molar-refractivity contribution in [3.63, 3.8) is 0 Å². The van der Waals surface area contributed by atoms with E-state index in [1.807, 2.05) is 29.7 Å². The molecule has 1 aromatic carbocycles. The standard InChI is InChI=1S/C25H27N5O3/c1-16-23(22(32)15-29-9-3-2-4-10-29)24-20(11-18(14-28-24)12-21(31)25(27)33)30(16)19-7-5-17(13-26)6-8-19/h5-8,11,14,21,31H,2-4,9-10,12,15H2,1H3,(H2,27,33). The number of hydrogen-bond donors (Lipinski definition) is 2. The monoisotopic (exact) mass is 445 g/mol. The molecular weight excluding hydrogens is 418 g/mol. The normalized spacial score (nSPS) is 15.3. The van der Waals surface area contributed by atoms with Gasteiger partial charge in [0.25, 0.3) is 0 Å². The van der Waals surface area contributed by atoms with E-state index in [1.165, 1.54) is 6.42 Å². The number of nitriles is 1. The van der Waals surface area contributed by atoms with Gasteiger partial charge in [-0.25, -0.2) is 0 Å². The predicted molar refractivity (Wildman–Crippen MR) is 124 cm³/mol. The number of aromatic nitrogens is 2. The van der Waals surface area contributed by atoms with Gasteiger partial charge in [0.05, 0.1) is 34.8 Å². The Labute approximate surface area is 192 Å². The van der Waals surface area contributed by atoms with Crippen molar-refractivity contribution in [1.29, 1.82) is 5.26 Å². The third kappa shape index (κ3) is 4.65. The number of carbonyl (C=O) groups excluding carboxylic acids is 2. The van der Waals surface area contributed by atoms with Crippen molar-refractivity contribution in [2.45, 2.75) is 38.7 Å². The topological polar surface area (TPSA) is 125 Å². The molecule has 2 aromatic heterocycles. The zero-order valence-corrected chi connectivity index (χ0v) is 18.6. The van der Waals surface area contributed by atoms with Crippen molar-refractivity contribution in [3.05, 3.63) is 58.9 Å². The fraction of sp³-hybridized carbons (Fsp3) is 0.360. The van der Waals surface area contributed by atoms with Crippen molar-refractivity contribution < 1.29 is 14.7 Å². The number of nitrogens with two attached hydrogens (primary N) is 1. The number of benzene rings is 1. The van der Waals surface area contributed by atoms with E-state index < -0.39 is 12.0 Å². The van der Waals surface area contributed by atoms with Crippen LogP contribution in [0.25, 0.3) is 16.7 Å². The molecule has 1 atom stereocenters. The number of aliphatic hydroxyl groups excluding tert-OH is 1. The average Bonchev–Trinajstić information content (AvgIpc) is 3.10. The van der Waals surface area contributed by atoms with Gasteiger partial charge in [-0.3, -0.25) is 19.5 Å². The molecule has 170 valence electrons. The van der Waals surface area contributed by atoms with Crippen molar-refractivity contribution in [2.24, 2.45) is 5.73 Å². The van der Waals surface area contributed by atoms with Crippen LogP contribution in [-0.4, -0.2) is 57.0 Å². The molecule has 1 unspecified atom stereocenters. The van der Waals surface area contributed by atoms with Crippen molar-refractivity contribution in [3.8, 4) is 11.8 Å². The maximum atomic E-state index is 13.4. The molecule has 1 fully saturated rings. The average molecular weight is 446 g/mol. The van der Waals surface area contributed by atoms with Crippen LogP contribution in [0.3, 0.4) is 0 Å². The molecule has 0 spiro atoms. The Kier molecular flexibility index (Phi) is 6.54. The van der Waals surface area contributed by atoms with Gasteiger partial charge in [-0.05, 0) is 68.8 Å². The fourth-order valence-corrected chi connectivity index (χ4v) is 4.51. The molecule has 0 aliphatic carbocycles. The molecule has 1 saturated heterocycles. The molecule has 3 N–H and O–H groups in total. The van der Waals surface area contributed by atoms with Crippen LogP contribution in [0.4, 0.5) is 0 Å². The van der Waals surface area contributed by atoms with Crippen LogP contribution in [0.1, 0.15) is 46.4 Å². The van der Waals surface area contributed by atoms with Gasteiger partial charge in [0.2, 0.25) is 5.91 Å². The molecule has 3 aromatic rings. The molecule has 4 rings (SSSR count). The molecule has 1 aliphatic rings. The molecule has 0 saturated carbocycles. The van der Waals surface area contributed by atoms with Gasteiger partial charge in [-0.2, -0.15) is 5.26 Å². The number of pyridine rings is 1. The Morgan fingerprint density at radius 1 is 1.21 bits per heavy atom. The van der Waals surface area contributed by atoms with E-state index in [1.54, 1.807) is 18.3 Å². The van der Waals surface area contributed by atoms with Crippen LogP contribution in [0.15, 0.2) is 36.5 Å². The molecule has 0 radical (unpaired) electrons. The van der Waals surface area contributed by atoms with Crippen LogP contribution in [0.5, 0.6) is 0 Å². The zero-order valence-electron chi connectivity index (χ0n) is 18.6. The molecule has 3 heterocycles. The summed E-state index contributed by atoms with van der Waals surface area (Å²) in [5.74, 6) is -0.782. The van der Waals surface area contributed by atoms with Gasteiger partial charge in [-0.1, -0.05) is 6.42 Å². The number of likely N-dealkylation sites (tertiary alicyclic amines) is 1. The first-order chi connectivity index (χ1) is 15.9. The Morgan fingerprint density at radius 2 is 1.91 bits per heavy atom. The fourth-order valence-electron chi connectivity index (χ4n) is 4.51. The largest absolute Gasteiger partial charge is 0.383 e. The molecule has 1 aliphatic heterocycles. The first kappa shape index (κ1) is 22.6. The van der Waals surface area contributed by atoms with E-state index >= 15 is 0 Å². The summed E-state index contributed by atoms with van der Waals surface area (Å²) >= 11 is 0. The van der Waals surface area contributed by atoms with Crippen molar-refractivity contribution in [2.75, 3.05) is 19.6 Å². The lowest BCUT2D eigenvalue weighted by Crippen LogP contribution is -2.34. The number of amides is 1. The van der Waals surface area contributed by atoms with Gasteiger partial charge in [0.1, 0.15) is 6.10 Å². The highest BCUT2D eigenvalue weighted by Crippen LogP contribution is 2.30. The molecule has 33 heavy (non-hydrogen) atoms. The van der Waals surface area contributed by atoms with Gasteiger partial charge >= 0.3 is 0 Å². The number of ketones is 1. The summed E-state index contributed by atoms with van der Waals surface area (Å²) in [7, 11) is 0. The van der Waals surface area contributed by atoms with Crippen molar-refractivity contribution >= 4 is 22.7 Å². The van der Waals surface area contributed by atoms with Gasteiger partial charge in [0.15, 0.2) is 5.78 Å². The van der Waals surface area contributed by atoms with Crippen LogP contribution in [0.2, 0.25) is 0 Å². The minimum Gasteiger partial charge on any atom is -0.383 e. The van der Waals surface area contributed by atoms with E-state index in [0.29, 0.717) is 34.3 Å². The highest BCUT2D eigenvalue weighted by Gasteiger charge is 2.25. The van der Waals surface area contributed by atoms with Gasteiger partial charge in [0, 0.05) is 24.0 Å². The van der Waals surface area contributed by atoms with Crippen LogP contribution >= 0.6 is 0 Å². The highest BCUT2D eigenvalue weighted by molar-refractivity contribution is 6.09. The number of Topliss-reactive ketones (excluding diaryl/α,β-unsaturated/α-hetero) is 1. The van der Waals surface area contributed by atoms with Crippen LogP contribution in [0, 0.1) is 18.3 Å². The SMILES string of the molecule is Cc1c(C(=O)CN2CCCCC2)c2ncc(CC(O)C(N)=O)cc2n1-c1ccc(C#N)cc1. The van der Waals surface area contributed by atoms with E-state index in [4.69, 9.17) is 11.0 Å². The second-order valence-corrected chi connectivity index (χ2v) is 8.55. The van der Waals surface area contributed by atoms with Crippen molar-refractivity contribution in [1.82, 2.24) is 14.5 Å². The quantitative estimate of drug-likeness (QED) is 0.538. The molecule has 0 bridgehead atoms. The van der Waals surface area contributed by atoms with Crippen LogP contribution in [-0.2, 0) is 11.2 Å². The summed E-state index contributed by atoms with van der Waals surface area (Å²) in [5, 5.41) is 19.1. The van der Waals surface area contributed by atoms with E-state index in [-0.39, 0.29) is 12.2 Å². The van der Waals surface area contributed by atoms with Gasteiger partial charge < -0.3 is 15.4 Å². The predicted octanol–water partition coefficient (Wildman–Crippen LogP) is 2.26. The summed E-state index contributed by atoms with van der Waals surface area (Å²) in [6, 6.07) is 11.1. The second kappa shape index (κ2) is 9.53. The van der Waals surface area contributed by atoms with Gasteiger partial charge in [-0.15, -0.1) is 0 Å². The first-order valence-electron chi connectivity index (χ1n) is 11.1. The number of nitrogens with zero attached hydrogens (tertiary/aromatic N) is 4. The minimum atomic E-state index is -1.32. The number of carbonyl (C=O) groups is 2. The number of aliphatic hydroxyl groups is 1. The summed E-state index contributed by atoms with van der Waals surface area (Å²) in [6.07, 6.45) is 3.70. The Hall–Kier alpha value is -3.54. The molecule has 1 amide bonds. The number of fused-ring (bicyclic) bond motifs is 1. The van der Waals surface area contributed by atoms with E-state index in [9.17, 15) is 14.7 Å². The van der Waals surface area contributed by atoms with Crippen LogP contribution < -0.4 is 5.73 Å².